The van der Waals surface area contributed by atoms with Crippen LogP contribution in [0.25, 0.3) is 0 Å². The number of unbranched alkanes of at least 4 members (excludes halogenated alkanes) is 42. The zero-order valence-corrected chi connectivity index (χ0v) is 55.6. The number of rotatable bonds is 69. The maximum Gasteiger partial charge on any atom is 0.221 e. The van der Waals surface area contributed by atoms with Crippen LogP contribution in [0.4, 0.5) is 0 Å². The Hall–Kier alpha value is -2.24. The van der Waals surface area contributed by atoms with Gasteiger partial charge in [-0.05, 0) is 51.6 Å². The summed E-state index contributed by atoms with van der Waals surface area (Å²) in [6.07, 6.45) is 62.2. The Labute approximate surface area is 510 Å². The molecule has 0 atom stereocenters. The molecule has 0 rings (SSSR count). The minimum absolute atomic E-state index is 0.116. The first-order valence-electron chi connectivity index (χ1n) is 36.6. The molecule has 0 saturated carbocycles. The van der Waals surface area contributed by atoms with E-state index in [9.17, 15) is 19.2 Å². The third kappa shape index (κ3) is 63.8. The molecule has 5 N–H and O–H groups in total. The van der Waals surface area contributed by atoms with E-state index in [0.717, 1.165) is 104 Å². The minimum atomic E-state index is 0.116. The van der Waals surface area contributed by atoms with E-state index < -0.39 is 0 Å². The van der Waals surface area contributed by atoms with Crippen LogP contribution in [-0.2, 0) is 19.2 Å². The molecule has 0 fully saturated rings. The average Bonchev–Trinajstić information content (AvgIpc) is 3.47. The fourth-order valence-electron chi connectivity index (χ4n) is 11.3. The Morgan fingerprint density at radius 3 is 0.671 bits per heavy atom. The lowest BCUT2D eigenvalue weighted by atomic mass is 10.1. The van der Waals surface area contributed by atoms with E-state index in [1.165, 1.54) is 257 Å². The molecule has 486 valence electrons. The van der Waals surface area contributed by atoms with Gasteiger partial charge in [0.05, 0.1) is 0 Å². The highest BCUT2D eigenvalue weighted by Crippen LogP contribution is 2.15. The summed E-state index contributed by atoms with van der Waals surface area (Å²) in [5.41, 5.74) is 0. The van der Waals surface area contributed by atoms with Crippen LogP contribution in [-0.4, -0.2) is 112 Å². The van der Waals surface area contributed by atoms with Crippen molar-refractivity contribution in [2.75, 3.05) is 78.5 Å². The molecule has 0 saturated heterocycles. The number of hydrogen-bond donors (Lipinski definition) is 5. The van der Waals surface area contributed by atoms with Gasteiger partial charge in [0.2, 0.25) is 23.6 Å². The molecule has 0 aliphatic heterocycles. The van der Waals surface area contributed by atoms with Crippen LogP contribution in [0.3, 0.4) is 0 Å². The summed E-state index contributed by atoms with van der Waals surface area (Å²) in [5.74, 6) is 0.497. The Morgan fingerprint density at radius 2 is 0.415 bits per heavy atom. The standard InChI is InChI=1S/C71H143N7O4/c1-5-9-13-17-21-25-29-33-37-41-46-56-73-68(79)52-60-72-61-67-78(66-55-71(82)76-59-49-44-40-36-32-28-24-20-16-12-8-4)63-51-45-50-62-77(64-53-69(80)74-57-47-42-38-34-30-26-22-18-14-10-6-2)65-54-70(81)75-58-48-43-39-35-31-27-23-19-15-11-7-3/h72H,5-67H2,1-4H3,(H,73,79)(H,74,80)(H,75,81)(H,76,82). The zero-order valence-electron chi connectivity index (χ0n) is 55.6. The second-order valence-corrected chi connectivity index (χ2v) is 25.0. The number of carbonyl (C=O) groups excluding carboxylic acids is 4. The summed E-state index contributed by atoms with van der Waals surface area (Å²) in [4.78, 5) is 56.5. The molecular formula is C71H143N7O4. The second-order valence-electron chi connectivity index (χ2n) is 25.0. The van der Waals surface area contributed by atoms with Crippen LogP contribution in [0.2, 0.25) is 0 Å². The average molecular weight is 1160 g/mol. The molecule has 0 radical (unpaired) electrons. The molecule has 0 aromatic rings. The van der Waals surface area contributed by atoms with Crippen LogP contribution < -0.4 is 26.6 Å². The van der Waals surface area contributed by atoms with Crippen molar-refractivity contribution in [3.63, 3.8) is 0 Å². The number of nitrogens with zero attached hydrogens (tertiary/aromatic N) is 2. The van der Waals surface area contributed by atoms with E-state index in [1.54, 1.807) is 0 Å². The third-order valence-corrected chi connectivity index (χ3v) is 17.0. The predicted octanol–water partition coefficient (Wildman–Crippen LogP) is 17.6. The van der Waals surface area contributed by atoms with Crippen molar-refractivity contribution in [1.29, 1.82) is 0 Å². The van der Waals surface area contributed by atoms with Crippen molar-refractivity contribution in [2.45, 2.75) is 355 Å². The van der Waals surface area contributed by atoms with E-state index in [4.69, 9.17) is 0 Å². The fourth-order valence-corrected chi connectivity index (χ4v) is 11.3. The highest BCUT2D eigenvalue weighted by molar-refractivity contribution is 5.77. The molecule has 0 aromatic heterocycles. The fraction of sp³-hybridized carbons (Fsp3) is 0.944. The van der Waals surface area contributed by atoms with Gasteiger partial charge in [-0.15, -0.1) is 0 Å². The van der Waals surface area contributed by atoms with Gasteiger partial charge < -0.3 is 36.4 Å². The maximum absolute atomic E-state index is 13.0. The molecule has 0 unspecified atom stereocenters. The van der Waals surface area contributed by atoms with E-state index in [0.29, 0.717) is 45.3 Å². The van der Waals surface area contributed by atoms with Crippen LogP contribution in [0.5, 0.6) is 0 Å². The highest BCUT2D eigenvalue weighted by atomic mass is 16.2. The van der Waals surface area contributed by atoms with Gasteiger partial charge in [-0.3, -0.25) is 19.2 Å². The molecule has 0 spiro atoms. The Kier molecular flexibility index (Phi) is 66.0. The lowest BCUT2D eigenvalue weighted by Gasteiger charge is -2.24. The lowest BCUT2D eigenvalue weighted by molar-refractivity contribution is -0.122. The highest BCUT2D eigenvalue weighted by Gasteiger charge is 2.13. The van der Waals surface area contributed by atoms with E-state index in [-0.39, 0.29) is 23.6 Å². The Bertz CT molecular complexity index is 1290. The summed E-state index contributed by atoms with van der Waals surface area (Å²) >= 11 is 0. The van der Waals surface area contributed by atoms with E-state index >= 15 is 0 Å². The zero-order chi connectivity index (χ0) is 59.5. The van der Waals surface area contributed by atoms with Crippen LogP contribution in [0, 0.1) is 0 Å². The number of amides is 4. The van der Waals surface area contributed by atoms with Gasteiger partial charge in [-0.1, -0.05) is 291 Å². The van der Waals surface area contributed by atoms with E-state index in [2.05, 4.69) is 64.1 Å². The molecule has 82 heavy (non-hydrogen) atoms. The van der Waals surface area contributed by atoms with Crippen molar-refractivity contribution >= 4 is 23.6 Å². The van der Waals surface area contributed by atoms with Crippen LogP contribution in [0.1, 0.15) is 355 Å². The summed E-state index contributed by atoms with van der Waals surface area (Å²) in [6.45, 7) is 18.2. The molecule has 0 bridgehead atoms. The smallest absolute Gasteiger partial charge is 0.221 e. The first kappa shape index (κ1) is 79.8. The minimum Gasteiger partial charge on any atom is -0.356 e. The van der Waals surface area contributed by atoms with Gasteiger partial charge >= 0.3 is 0 Å². The number of carbonyl (C=O) groups is 4. The SMILES string of the molecule is CCCCCCCCCCCCCNC(=O)CCNCCN(CCCCCN(CCC(=O)NCCCCCCCCCCCCC)CCC(=O)NCCCCCCCCCCCCC)CCC(=O)NCCCCCCCCCCCCC. The summed E-state index contributed by atoms with van der Waals surface area (Å²) in [7, 11) is 0. The molecule has 0 heterocycles. The molecule has 11 heteroatoms. The van der Waals surface area contributed by atoms with Gasteiger partial charge in [-0.25, -0.2) is 0 Å². The summed E-state index contributed by atoms with van der Waals surface area (Å²) in [6, 6.07) is 0. The van der Waals surface area contributed by atoms with Crippen molar-refractivity contribution in [3.05, 3.63) is 0 Å². The van der Waals surface area contributed by atoms with Gasteiger partial charge in [-0.2, -0.15) is 0 Å². The quantitative estimate of drug-likeness (QED) is 0.0383. The molecular weight excluding hydrogens is 1010 g/mol. The number of hydrogen-bond acceptors (Lipinski definition) is 7. The largest absolute Gasteiger partial charge is 0.356 e. The Morgan fingerprint density at radius 1 is 0.207 bits per heavy atom. The van der Waals surface area contributed by atoms with Gasteiger partial charge in [0.25, 0.3) is 0 Å². The van der Waals surface area contributed by atoms with Crippen molar-refractivity contribution in [1.82, 2.24) is 36.4 Å². The lowest BCUT2D eigenvalue weighted by Crippen LogP contribution is -2.37. The monoisotopic (exact) mass is 1160 g/mol. The molecule has 11 nitrogen and oxygen atoms in total. The topological polar surface area (TPSA) is 135 Å². The maximum atomic E-state index is 13.0. The Balaban J connectivity index is 5.04. The van der Waals surface area contributed by atoms with Gasteiger partial charge in [0.1, 0.15) is 0 Å². The predicted molar refractivity (Wildman–Crippen MR) is 356 cm³/mol. The molecule has 0 aromatic carbocycles. The van der Waals surface area contributed by atoms with Gasteiger partial charge in [0, 0.05) is 91.1 Å². The number of nitrogens with one attached hydrogen (secondary N) is 5. The summed E-state index contributed by atoms with van der Waals surface area (Å²) < 4.78 is 0. The normalized spacial score (nSPS) is 11.5. The summed E-state index contributed by atoms with van der Waals surface area (Å²) in [5, 5.41) is 16.2. The first-order valence-corrected chi connectivity index (χ1v) is 36.6. The van der Waals surface area contributed by atoms with Crippen molar-refractivity contribution in [2.24, 2.45) is 0 Å². The van der Waals surface area contributed by atoms with Crippen LogP contribution >= 0.6 is 0 Å². The molecule has 0 aliphatic rings. The van der Waals surface area contributed by atoms with Gasteiger partial charge in [0.15, 0.2) is 0 Å². The second kappa shape index (κ2) is 67.9. The van der Waals surface area contributed by atoms with Crippen LogP contribution in [0.15, 0.2) is 0 Å². The van der Waals surface area contributed by atoms with E-state index in [1.807, 2.05) is 0 Å². The molecule has 4 amide bonds. The molecule has 0 aliphatic carbocycles. The first-order chi connectivity index (χ1) is 40.4. The van der Waals surface area contributed by atoms with Crippen molar-refractivity contribution in [3.8, 4) is 0 Å². The third-order valence-electron chi connectivity index (χ3n) is 17.0. The van der Waals surface area contributed by atoms with Crippen molar-refractivity contribution < 1.29 is 19.2 Å².